The minimum Gasteiger partial charge on any atom is -0.273 e. The molecular formula is C6H8FN3O. The Morgan fingerprint density at radius 1 is 1.82 bits per heavy atom. The van der Waals surface area contributed by atoms with E-state index in [1.165, 1.54) is 10.6 Å². The van der Waals surface area contributed by atoms with Crippen LogP contribution in [0.15, 0.2) is 17.4 Å². The van der Waals surface area contributed by atoms with Gasteiger partial charge < -0.3 is 0 Å². The van der Waals surface area contributed by atoms with Gasteiger partial charge in [-0.2, -0.15) is 5.10 Å². The van der Waals surface area contributed by atoms with E-state index in [9.17, 15) is 9.18 Å². The highest BCUT2D eigenvalue weighted by molar-refractivity contribution is 4.86. The highest BCUT2D eigenvalue weighted by Crippen LogP contribution is 1.92. The molecule has 0 spiro atoms. The highest BCUT2D eigenvalue weighted by atomic mass is 19.1. The summed E-state index contributed by atoms with van der Waals surface area (Å²) in [7, 11) is 0. The Kier molecular flexibility index (Phi) is 2.20. The molecule has 0 amide bonds. The predicted octanol–water partition coefficient (Wildman–Crippen LogP) is 0.227. The van der Waals surface area contributed by atoms with Gasteiger partial charge in [0.1, 0.15) is 6.67 Å². The lowest BCUT2D eigenvalue weighted by molar-refractivity contribution is 0.449. The van der Waals surface area contributed by atoms with Crippen LogP contribution in [0.4, 0.5) is 4.39 Å². The van der Waals surface area contributed by atoms with Crippen LogP contribution in [0.1, 0.15) is 5.82 Å². The Hall–Kier alpha value is -1.39. The van der Waals surface area contributed by atoms with Crippen LogP contribution in [0.5, 0.6) is 0 Å². The number of alkyl halides is 1. The van der Waals surface area contributed by atoms with Crippen molar-refractivity contribution in [2.45, 2.75) is 13.2 Å². The quantitative estimate of drug-likeness (QED) is 0.638. The Morgan fingerprint density at radius 3 is 3.09 bits per heavy atom. The summed E-state index contributed by atoms with van der Waals surface area (Å²) in [6.45, 7) is 2.97. The van der Waals surface area contributed by atoms with Gasteiger partial charge >= 0.3 is 5.69 Å². The summed E-state index contributed by atoms with van der Waals surface area (Å²) in [6.07, 6.45) is 1.51. The van der Waals surface area contributed by atoms with E-state index in [0.717, 1.165) is 0 Å². The minimum absolute atomic E-state index is 0.106. The lowest BCUT2D eigenvalue weighted by Crippen LogP contribution is -2.17. The van der Waals surface area contributed by atoms with Crippen LogP contribution < -0.4 is 5.69 Å². The Balaban J connectivity index is 3.06. The number of aromatic nitrogens is 3. The zero-order valence-electron chi connectivity index (χ0n) is 5.88. The number of nitrogens with one attached hydrogen (secondary N) is 1. The smallest absolute Gasteiger partial charge is 0.273 e. The van der Waals surface area contributed by atoms with Gasteiger partial charge in [-0.3, -0.25) is 4.57 Å². The molecule has 0 aliphatic rings. The van der Waals surface area contributed by atoms with Gasteiger partial charge in [0.25, 0.3) is 0 Å². The van der Waals surface area contributed by atoms with Crippen LogP contribution in [-0.2, 0) is 13.2 Å². The van der Waals surface area contributed by atoms with Crippen molar-refractivity contribution in [1.82, 2.24) is 14.8 Å². The van der Waals surface area contributed by atoms with Gasteiger partial charge in [0.2, 0.25) is 0 Å². The van der Waals surface area contributed by atoms with Gasteiger partial charge in [0.05, 0.1) is 0 Å². The van der Waals surface area contributed by atoms with Crippen LogP contribution in [0.3, 0.4) is 0 Å². The van der Waals surface area contributed by atoms with Crippen molar-refractivity contribution in [2.24, 2.45) is 0 Å². The van der Waals surface area contributed by atoms with E-state index in [1.807, 2.05) is 0 Å². The molecule has 11 heavy (non-hydrogen) atoms. The molecule has 0 unspecified atom stereocenters. The van der Waals surface area contributed by atoms with Gasteiger partial charge in [-0.15, -0.1) is 6.58 Å². The highest BCUT2D eigenvalue weighted by Gasteiger charge is 2.04. The maximum Gasteiger partial charge on any atom is 0.343 e. The zero-order chi connectivity index (χ0) is 8.27. The molecule has 0 aliphatic carbocycles. The lowest BCUT2D eigenvalue weighted by Gasteiger charge is -1.95. The van der Waals surface area contributed by atoms with E-state index < -0.39 is 12.4 Å². The summed E-state index contributed by atoms with van der Waals surface area (Å²) in [4.78, 5) is 10.8. The number of aromatic amines is 1. The normalized spacial score (nSPS) is 9.91. The van der Waals surface area contributed by atoms with Gasteiger partial charge in [-0.05, 0) is 0 Å². The van der Waals surface area contributed by atoms with E-state index in [2.05, 4.69) is 16.8 Å². The van der Waals surface area contributed by atoms with Crippen molar-refractivity contribution in [1.29, 1.82) is 0 Å². The van der Waals surface area contributed by atoms with Crippen LogP contribution in [0.2, 0.25) is 0 Å². The molecule has 0 aromatic carbocycles. The Bertz CT molecular complexity index is 301. The molecule has 1 N–H and O–H groups in total. The van der Waals surface area contributed by atoms with Crippen molar-refractivity contribution < 1.29 is 4.39 Å². The van der Waals surface area contributed by atoms with Gasteiger partial charge in [0.15, 0.2) is 5.82 Å². The average Bonchev–Trinajstić information content (AvgIpc) is 2.34. The Labute approximate surface area is 62.4 Å². The molecule has 0 aliphatic heterocycles. The van der Waals surface area contributed by atoms with E-state index in [4.69, 9.17) is 0 Å². The fourth-order valence-corrected chi connectivity index (χ4v) is 0.770. The topological polar surface area (TPSA) is 50.7 Å². The van der Waals surface area contributed by atoms with Crippen LogP contribution in [0, 0.1) is 0 Å². The summed E-state index contributed by atoms with van der Waals surface area (Å²) in [6, 6.07) is 0. The molecule has 0 fully saturated rings. The standard InChI is InChI=1S/C6H8FN3O/c1-2-3-10-5(4-7)8-9-6(10)11/h2H,1,3-4H2,(H,9,11). The van der Waals surface area contributed by atoms with Gasteiger partial charge in [-0.25, -0.2) is 14.3 Å². The number of allylic oxidation sites excluding steroid dienone is 1. The maximum atomic E-state index is 12.0. The first kappa shape index (κ1) is 7.71. The summed E-state index contributed by atoms with van der Waals surface area (Å²) in [5, 5.41) is 5.60. The number of hydrogen-bond acceptors (Lipinski definition) is 2. The first-order valence-corrected chi connectivity index (χ1v) is 3.10. The predicted molar refractivity (Wildman–Crippen MR) is 37.9 cm³/mol. The number of hydrogen-bond donors (Lipinski definition) is 1. The van der Waals surface area contributed by atoms with Crippen molar-refractivity contribution >= 4 is 0 Å². The van der Waals surface area contributed by atoms with E-state index in [-0.39, 0.29) is 12.4 Å². The molecule has 1 rings (SSSR count). The third-order valence-corrected chi connectivity index (χ3v) is 1.27. The molecular weight excluding hydrogens is 149 g/mol. The third-order valence-electron chi connectivity index (χ3n) is 1.27. The fourth-order valence-electron chi connectivity index (χ4n) is 0.770. The molecule has 60 valence electrons. The number of rotatable bonds is 3. The lowest BCUT2D eigenvalue weighted by atomic mass is 10.5. The van der Waals surface area contributed by atoms with Crippen LogP contribution >= 0.6 is 0 Å². The average molecular weight is 157 g/mol. The summed E-state index contributed by atoms with van der Waals surface area (Å²) in [5.74, 6) is 0.106. The summed E-state index contributed by atoms with van der Waals surface area (Å²) >= 11 is 0. The zero-order valence-corrected chi connectivity index (χ0v) is 5.88. The van der Waals surface area contributed by atoms with Crippen LogP contribution in [-0.4, -0.2) is 14.8 Å². The molecule has 0 bridgehead atoms. The van der Waals surface area contributed by atoms with Crippen molar-refractivity contribution in [3.05, 3.63) is 29.0 Å². The molecule has 1 aromatic rings. The number of H-pyrrole nitrogens is 1. The second-order valence-corrected chi connectivity index (χ2v) is 1.98. The van der Waals surface area contributed by atoms with Crippen molar-refractivity contribution in [2.75, 3.05) is 0 Å². The second-order valence-electron chi connectivity index (χ2n) is 1.98. The first-order chi connectivity index (χ1) is 5.29. The molecule has 0 saturated carbocycles. The fraction of sp³-hybridized carbons (Fsp3) is 0.333. The number of halogens is 1. The van der Waals surface area contributed by atoms with Crippen LogP contribution in [0.25, 0.3) is 0 Å². The largest absolute Gasteiger partial charge is 0.343 e. The van der Waals surface area contributed by atoms with E-state index >= 15 is 0 Å². The van der Waals surface area contributed by atoms with Gasteiger partial charge in [0, 0.05) is 6.54 Å². The summed E-state index contributed by atoms with van der Waals surface area (Å²) in [5.41, 5.74) is -0.405. The maximum absolute atomic E-state index is 12.0. The SMILES string of the molecule is C=CCn1c(CF)n[nH]c1=O. The van der Waals surface area contributed by atoms with E-state index in [0.29, 0.717) is 0 Å². The van der Waals surface area contributed by atoms with Crippen molar-refractivity contribution in [3.63, 3.8) is 0 Å². The Morgan fingerprint density at radius 2 is 2.55 bits per heavy atom. The molecule has 0 atom stereocenters. The van der Waals surface area contributed by atoms with Crippen molar-refractivity contribution in [3.8, 4) is 0 Å². The number of nitrogens with zero attached hydrogens (tertiary/aromatic N) is 2. The molecule has 0 saturated heterocycles. The van der Waals surface area contributed by atoms with E-state index in [1.54, 1.807) is 0 Å². The molecule has 1 heterocycles. The monoisotopic (exact) mass is 157 g/mol. The molecule has 1 aromatic heterocycles. The summed E-state index contributed by atoms with van der Waals surface area (Å²) < 4.78 is 13.2. The second kappa shape index (κ2) is 3.14. The minimum atomic E-state index is -0.743. The molecule has 0 radical (unpaired) electrons. The third kappa shape index (κ3) is 1.36. The molecule has 4 nitrogen and oxygen atoms in total. The first-order valence-electron chi connectivity index (χ1n) is 3.10. The molecule has 5 heteroatoms. The van der Waals surface area contributed by atoms with Gasteiger partial charge in [-0.1, -0.05) is 6.08 Å².